The Kier molecular flexibility index (Phi) is 4.27. The molecular formula is C17H21N7O. The molecule has 0 saturated carbocycles. The van der Waals surface area contributed by atoms with Crippen molar-refractivity contribution in [2.45, 2.75) is 25.4 Å². The average Bonchev–Trinajstić information content (AvgIpc) is 3.04. The number of hydrogen-bond donors (Lipinski definition) is 0. The summed E-state index contributed by atoms with van der Waals surface area (Å²) in [6.45, 7) is 2.30. The predicted octanol–water partition coefficient (Wildman–Crippen LogP) is 1.68. The van der Waals surface area contributed by atoms with Gasteiger partial charge >= 0.3 is 0 Å². The number of nitrogens with zero attached hydrogens (tertiary/aromatic N) is 7. The normalized spacial score (nSPS) is 18.0. The molecule has 25 heavy (non-hydrogen) atoms. The summed E-state index contributed by atoms with van der Waals surface area (Å²) >= 11 is 0. The van der Waals surface area contributed by atoms with Crippen LogP contribution in [-0.2, 0) is 18.4 Å². The van der Waals surface area contributed by atoms with E-state index in [-0.39, 0.29) is 0 Å². The first-order chi connectivity index (χ1) is 12.3. The first-order valence-electron chi connectivity index (χ1n) is 8.44. The van der Waals surface area contributed by atoms with E-state index in [9.17, 15) is 0 Å². The molecule has 4 heterocycles. The van der Waals surface area contributed by atoms with E-state index >= 15 is 0 Å². The molecule has 0 radical (unpaired) electrons. The van der Waals surface area contributed by atoms with Crippen molar-refractivity contribution in [3.05, 3.63) is 36.3 Å². The Morgan fingerprint density at radius 2 is 2.20 bits per heavy atom. The Morgan fingerprint density at radius 3 is 3.08 bits per heavy atom. The van der Waals surface area contributed by atoms with Crippen LogP contribution in [-0.4, -0.2) is 49.9 Å². The van der Waals surface area contributed by atoms with Gasteiger partial charge in [0.05, 0.1) is 11.6 Å². The van der Waals surface area contributed by atoms with E-state index in [1.165, 1.54) is 0 Å². The fourth-order valence-corrected chi connectivity index (χ4v) is 3.45. The third-order valence-corrected chi connectivity index (χ3v) is 4.65. The smallest absolute Gasteiger partial charge is 0.163 e. The lowest BCUT2D eigenvalue weighted by Crippen LogP contribution is -2.35. The summed E-state index contributed by atoms with van der Waals surface area (Å²) < 4.78 is 6.93. The molecule has 0 bridgehead atoms. The molecule has 1 atom stereocenters. The first kappa shape index (κ1) is 15.9. The Bertz CT molecular complexity index is 878. The molecule has 0 aromatic carbocycles. The number of aromatic nitrogens is 6. The van der Waals surface area contributed by atoms with E-state index in [1.807, 2.05) is 25.5 Å². The second kappa shape index (κ2) is 6.72. The quantitative estimate of drug-likeness (QED) is 0.715. The molecular weight excluding hydrogens is 318 g/mol. The van der Waals surface area contributed by atoms with Gasteiger partial charge in [-0.05, 0) is 18.9 Å². The van der Waals surface area contributed by atoms with E-state index in [0.717, 1.165) is 54.3 Å². The highest BCUT2D eigenvalue weighted by molar-refractivity contribution is 5.86. The Morgan fingerprint density at radius 1 is 1.28 bits per heavy atom. The van der Waals surface area contributed by atoms with E-state index in [4.69, 9.17) is 4.74 Å². The number of piperidine rings is 1. The van der Waals surface area contributed by atoms with Gasteiger partial charge in [0.25, 0.3) is 0 Å². The van der Waals surface area contributed by atoms with Gasteiger partial charge in [0.15, 0.2) is 11.5 Å². The molecule has 1 aliphatic rings. The van der Waals surface area contributed by atoms with E-state index in [1.54, 1.807) is 18.1 Å². The molecule has 1 fully saturated rings. The van der Waals surface area contributed by atoms with Crippen LogP contribution < -0.4 is 4.90 Å². The van der Waals surface area contributed by atoms with Crippen LogP contribution >= 0.6 is 0 Å². The number of ether oxygens (including phenoxy) is 1. The molecule has 8 nitrogen and oxygen atoms in total. The molecule has 0 aliphatic carbocycles. The van der Waals surface area contributed by atoms with Crippen LogP contribution in [0.15, 0.2) is 24.8 Å². The van der Waals surface area contributed by atoms with Crippen molar-refractivity contribution in [3.8, 4) is 0 Å². The van der Waals surface area contributed by atoms with Gasteiger partial charge in [0.2, 0.25) is 0 Å². The predicted molar refractivity (Wildman–Crippen MR) is 93.2 cm³/mol. The lowest BCUT2D eigenvalue weighted by atomic mass is 9.94. The maximum atomic E-state index is 5.15. The SMILES string of the molecule is COCc1nccc([C@H]2CCCN(c3ncnc4c3cnn4C)C2)n1. The Hall–Kier alpha value is -2.61. The fourth-order valence-electron chi connectivity index (χ4n) is 3.45. The Labute approximate surface area is 145 Å². The number of hydrogen-bond acceptors (Lipinski definition) is 7. The van der Waals surface area contributed by atoms with Crippen molar-refractivity contribution >= 4 is 16.9 Å². The maximum absolute atomic E-state index is 5.15. The van der Waals surface area contributed by atoms with Crippen LogP contribution in [0.5, 0.6) is 0 Å². The van der Waals surface area contributed by atoms with Crippen LogP contribution in [0.25, 0.3) is 11.0 Å². The average molecular weight is 339 g/mol. The van der Waals surface area contributed by atoms with Gasteiger partial charge in [-0.3, -0.25) is 4.68 Å². The highest BCUT2D eigenvalue weighted by Crippen LogP contribution is 2.31. The van der Waals surface area contributed by atoms with Crippen molar-refractivity contribution in [3.63, 3.8) is 0 Å². The summed E-state index contributed by atoms with van der Waals surface area (Å²) in [4.78, 5) is 20.1. The summed E-state index contributed by atoms with van der Waals surface area (Å²) in [6.07, 6.45) is 7.49. The minimum atomic E-state index is 0.356. The van der Waals surface area contributed by atoms with Crippen LogP contribution in [0.3, 0.4) is 0 Å². The summed E-state index contributed by atoms with van der Waals surface area (Å²) in [5, 5.41) is 5.31. The molecule has 1 saturated heterocycles. The minimum absolute atomic E-state index is 0.356. The summed E-state index contributed by atoms with van der Waals surface area (Å²) in [7, 11) is 3.56. The lowest BCUT2D eigenvalue weighted by Gasteiger charge is -2.33. The highest BCUT2D eigenvalue weighted by Gasteiger charge is 2.25. The molecule has 3 aromatic heterocycles. The number of methoxy groups -OCH3 is 1. The van der Waals surface area contributed by atoms with Gasteiger partial charge in [-0.15, -0.1) is 0 Å². The zero-order valence-corrected chi connectivity index (χ0v) is 14.5. The molecule has 4 rings (SSSR count). The van der Waals surface area contributed by atoms with Crippen molar-refractivity contribution in [1.29, 1.82) is 0 Å². The zero-order valence-electron chi connectivity index (χ0n) is 14.5. The largest absolute Gasteiger partial charge is 0.377 e. The minimum Gasteiger partial charge on any atom is -0.377 e. The monoisotopic (exact) mass is 339 g/mol. The number of fused-ring (bicyclic) bond motifs is 1. The van der Waals surface area contributed by atoms with Crippen molar-refractivity contribution in [2.24, 2.45) is 7.05 Å². The third-order valence-electron chi connectivity index (χ3n) is 4.65. The number of anilines is 1. The summed E-state index contributed by atoms with van der Waals surface area (Å²) in [5.41, 5.74) is 1.93. The van der Waals surface area contributed by atoms with Gasteiger partial charge in [-0.25, -0.2) is 19.9 Å². The lowest BCUT2D eigenvalue weighted by molar-refractivity contribution is 0.177. The van der Waals surface area contributed by atoms with Crippen LogP contribution in [0.1, 0.15) is 30.3 Å². The van der Waals surface area contributed by atoms with Gasteiger partial charge in [0, 0.05) is 45.1 Å². The van der Waals surface area contributed by atoms with E-state index < -0.39 is 0 Å². The zero-order chi connectivity index (χ0) is 17.2. The molecule has 0 unspecified atom stereocenters. The summed E-state index contributed by atoms with van der Waals surface area (Å²) in [5.74, 6) is 2.04. The highest BCUT2D eigenvalue weighted by atomic mass is 16.5. The second-order valence-corrected chi connectivity index (χ2v) is 6.32. The second-order valence-electron chi connectivity index (χ2n) is 6.32. The third kappa shape index (κ3) is 3.05. The molecule has 0 N–H and O–H groups in total. The number of rotatable bonds is 4. The van der Waals surface area contributed by atoms with E-state index in [0.29, 0.717) is 12.5 Å². The molecule has 1 aliphatic heterocycles. The van der Waals surface area contributed by atoms with Gasteiger partial charge in [-0.2, -0.15) is 5.10 Å². The van der Waals surface area contributed by atoms with Crippen molar-refractivity contribution in [2.75, 3.05) is 25.1 Å². The maximum Gasteiger partial charge on any atom is 0.163 e. The molecule has 3 aromatic rings. The van der Waals surface area contributed by atoms with Crippen LogP contribution in [0.2, 0.25) is 0 Å². The van der Waals surface area contributed by atoms with Crippen LogP contribution in [0, 0.1) is 0 Å². The fraction of sp³-hybridized carbons (Fsp3) is 0.471. The molecule has 130 valence electrons. The van der Waals surface area contributed by atoms with Crippen LogP contribution in [0.4, 0.5) is 5.82 Å². The Balaban J connectivity index is 1.61. The molecule has 0 spiro atoms. The summed E-state index contributed by atoms with van der Waals surface area (Å²) in [6, 6.07) is 2.01. The standard InChI is InChI=1S/C17H21N7O/c1-23-16-13(8-21-23)17(20-11-19-16)24-7-3-4-12(9-24)14-5-6-18-15(22-14)10-25-2/h5-6,8,11-12H,3-4,7,9-10H2,1-2H3/t12-/m0/s1. The van der Waals surface area contributed by atoms with E-state index in [2.05, 4.69) is 29.9 Å². The topological polar surface area (TPSA) is 81.9 Å². The van der Waals surface area contributed by atoms with Gasteiger partial charge in [0.1, 0.15) is 18.8 Å². The molecule has 8 heteroatoms. The van der Waals surface area contributed by atoms with Gasteiger partial charge in [-0.1, -0.05) is 0 Å². The van der Waals surface area contributed by atoms with Gasteiger partial charge < -0.3 is 9.64 Å². The van der Waals surface area contributed by atoms with Crippen molar-refractivity contribution in [1.82, 2.24) is 29.7 Å². The number of aryl methyl sites for hydroxylation is 1. The van der Waals surface area contributed by atoms with Crippen molar-refractivity contribution < 1.29 is 4.74 Å². The first-order valence-corrected chi connectivity index (χ1v) is 8.44. The molecule has 0 amide bonds.